The highest BCUT2D eigenvalue weighted by atomic mass is 16.5. The summed E-state index contributed by atoms with van der Waals surface area (Å²) in [5.41, 5.74) is 3.79. The summed E-state index contributed by atoms with van der Waals surface area (Å²) in [5, 5.41) is 5.76. The van der Waals surface area contributed by atoms with E-state index in [0.717, 1.165) is 24.1 Å². The molecule has 0 radical (unpaired) electrons. The highest BCUT2D eigenvalue weighted by molar-refractivity contribution is 6.00. The van der Waals surface area contributed by atoms with Crippen molar-refractivity contribution in [3.8, 4) is 5.75 Å². The lowest BCUT2D eigenvalue weighted by atomic mass is 10.1. The summed E-state index contributed by atoms with van der Waals surface area (Å²) in [4.78, 5) is 38.9. The molecular weight excluding hydrogens is 454 g/mol. The van der Waals surface area contributed by atoms with Crippen LogP contribution in [-0.4, -0.2) is 37.4 Å². The number of aryl methyl sites for hydroxylation is 1. The van der Waals surface area contributed by atoms with E-state index in [9.17, 15) is 14.4 Å². The zero-order chi connectivity index (χ0) is 25.3. The van der Waals surface area contributed by atoms with Crippen LogP contribution in [0, 0.1) is 5.92 Å². The van der Waals surface area contributed by atoms with Crippen molar-refractivity contribution in [2.24, 2.45) is 5.92 Å². The molecule has 0 unspecified atom stereocenters. The molecule has 0 bridgehead atoms. The number of anilines is 2. The van der Waals surface area contributed by atoms with E-state index in [4.69, 9.17) is 4.74 Å². The number of benzene rings is 3. The first-order chi connectivity index (χ1) is 17.5. The van der Waals surface area contributed by atoms with Crippen LogP contribution in [0.3, 0.4) is 0 Å². The molecule has 1 aliphatic heterocycles. The lowest BCUT2D eigenvalue weighted by Crippen LogP contribution is -2.34. The van der Waals surface area contributed by atoms with Crippen LogP contribution in [0.1, 0.15) is 24.5 Å². The first-order valence-corrected chi connectivity index (χ1v) is 12.3. The van der Waals surface area contributed by atoms with Gasteiger partial charge in [0.1, 0.15) is 5.75 Å². The second-order valence-electron chi connectivity index (χ2n) is 8.81. The Bertz CT molecular complexity index is 1180. The van der Waals surface area contributed by atoms with Gasteiger partial charge in [-0.15, -0.1) is 0 Å². The van der Waals surface area contributed by atoms with Gasteiger partial charge in [-0.05, 0) is 60.4 Å². The van der Waals surface area contributed by atoms with Crippen molar-refractivity contribution in [2.75, 3.05) is 29.9 Å². The fourth-order valence-electron chi connectivity index (χ4n) is 4.14. The number of nitrogens with zero attached hydrogens (tertiary/aromatic N) is 1. The largest absolute Gasteiger partial charge is 0.484 e. The van der Waals surface area contributed by atoms with Gasteiger partial charge in [-0.25, -0.2) is 0 Å². The molecule has 0 aromatic heterocycles. The zero-order valence-electron chi connectivity index (χ0n) is 20.4. The summed E-state index contributed by atoms with van der Waals surface area (Å²) in [6, 6.07) is 24.6. The molecular formula is C29H31N3O4. The summed E-state index contributed by atoms with van der Waals surface area (Å²) < 4.78 is 5.59. The van der Waals surface area contributed by atoms with E-state index < -0.39 is 0 Å². The SMILES string of the molecule is CCc1ccc(NC(=O)COc2ccc(N3C[C@H](C(=O)NCCc4ccccc4)CC3=O)cc2)cc1. The molecule has 1 heterocycles. The van der Waals surface area contributed by atoms with Gasteiger partial charge in [0.15, 0.2) is 6.61 Å². The van der Waals surface area contributed by atoms with Crippen molar-refractivity contribution in [1.82, 2.24) is 5.32 Å². The van der Waals surface area contributed by atoms with Crippen LogP contribution in [-0.2, 0) is 27.2 Å². The molecule has 2 N–H and O–H groups in total. The quantitative estimate of drug-likeness (QED) is 0.455. The predicted molar refractivity (Wildman–Crippen MR) is 140 cm³/mol. The van der Waals surface area contributed by atoms with Crippen LogP contribution in [0.2, 0.25) is 0 Å². The molecule has 1 atom stereocenters. The summed E-state index contributed by atoms with van der Waals surface area (Å²) >= 11 is 0. The second-order valence-corrected chi connectivity index (χ2v) is 8.81. The van der Waals surface area contributed by atoms with Crippen LogP contribution in [0.25, 0.3) is 0 Å². The molecule has 3 amide bonds. The molecule has 36 heavy (non-hydrogen) atoms. The van der Waals surface area contributed by atoms with Gasteiger partial charge < -0.3 is 20.3 Å². The fraction of sp³-hybridized carbons (Fsp3) is 0.276. The lowest BCUT2D eigenvalue weighted by Gasteiger charge is -2.17. The molecule has 0 saturated carbocycles. The third kappa shape index (κ3) is 6.72. The van der Waals surface area contributed by atoms with Crippen molar-refractivity contribution in [3.05, 3.63) is 90.0 Å². The Hall–Kier alpha value is -4.13. The number of ether oxygens (including phenoxy) is 1. The molecule has 3 aromatic carbocycles. The van der Waals surface area contributed by atoms with Gasteiger partial charge >= 0.3 is 0 Å². The Balaban J connectivity index is 1.23. The third-order valence-corrected chi connectivity index (χ3v) is 6.22. The molecule has 186 valence electrons. The Morgan fingerprint density at radius 2 is 1.67 bits per heavy atom. The normalized spacial score (nSPS) is 15.0. The Morgan fingerprint density at radius 1 is 0.944 bits per heavy atom. The average Bonchev–Trinajstić information content (AvgIpc) is 3.30. The van der Waals surface area contributed by atoms with Gasteiger partial charge in [0.05, 0.1) is 5.92 Å². The van der Waals surface area contributed by atoms with Gasteiger partial charge in [-0.2, -0.15) is 0 Å². The highest BCUT2D eigenvalue weighted by Gasteiger charge is 2.34. The summed E-state index contributed by atoms with van der Waals surface area (Å²) in [5.74, 6) is -0.284. The molecule has 0 spiro atoms. The minimum Gasteiger partial charge on any atom is -0.484 e. The molecule has 1 fully saturated rings. The maximum Gasteiger partial charge on any atom is 0.262 e. The van der Waals surface area contributed by atoms with E-state index in [-0.39, 0.29) is 36.7 Å². The standard InChI is InChI=1S/C29H31N3O4/c1-2-21-8-10-24(11-9-21)31-27(33)20-36-26-14-12-25(13-15-26)32-19-23(18-28(32)34)29(35)30-17-16-22-6-4-3-5-7-22/h3-15,23H,2,16-20H2,1H3,(H,30,35)(H,31,33)/t23-/m1/s1. The van der Waals surface area contributed by atoms with E-state index in [1.807, 2.05) is 54.6 Å². The number of carbonyl (C=O) groups is 3. The number of hydrogen-bond acceptors (Lipinski definition) is 4. The number of carbonyl (C=O) groups excluding carboxylic acids is 3. The van der Waals surface area contributed by atoms with Gasteiger partial charge in [0.25, 0.3) is 5.91 Å². The summed E-state index contributed by atoms with van der Waals surface area (Å²) in [7, 11) is 0. The minimum absolute atomic E-state index is 0.0830. The number of rotatable bonds is 10. The lowest BCUT2D eigenvalue weighted by molar-refractivity contribution is -0.126. The smallest absolute Gasteiger partial charge is 0.262 e. The van der Waals surface area contributed by atoms with Crippen LogP contribution in [0.4, 0.5) is 11.4 Å². The first-order valence-electron chi connectivity index (χ1n) is 12.3. The van der Waals surface area contributed by atoms with E-state index >= 15 is 0 Å². The van der Waals surface area contributed by atoms with Crippen LogP contribution in [0.15, 0.2) is 78.9 Å². The van der Waals surface area contributed by atoms with E-state index in [1.165, 1.54) is 5.56 Å². The van der Waals surface area contributed by atoms with Crippen LogP contribution in [0.5, 0.6) is 5.75 Å². The average molecular weight is 486 g/mol. The molecule has 0 aliphatic carbocycles. The number of nitrogens with one attached hydrogen (secondary N) is 2. The zero-order valence-corrected chi connectivity index (χ0v) is 20.4. The van der Waals surface area contributed by atoms with Crippen molar-refractivity contribution in [3.63, 3.8) is 0 Å². The van der Waals surface area contributed by atoms with Gasteiger partial charge in [-0.3, -0.25) is 14.4 Å². The Morgan fingerprint density at radius 3 is 2.36 bits per heavy atom. The Kier molecular flexibility index (Phi) is 8.34. The molecule has 1 aliphatic rings. The highest BCUT2D eigenvalue weighted by Crippen LogP contribution is 2.27. The van der Waals surface area contributed by atoms with Crippen molar-refractivity contribution >= 4 is 29.1 Å². The van der Waals surface area contributed by atoms with Gasteiger partial charge in [-0.1, -0.05) is 49.4 Å². The van der Waals surface area contributed by atoms with Crippen molar-refractivity contribution in [2.45, 2.75) is 26.2 Å². The van der Waals surface area contributed by atoms with Crippen molar-refractivity contribution < 1.29 is 19.1 Å². The molecule has 1 saturated heterocycles. The topological polar surface area (TPSA) is 87.7 Å². The van der Waals surface area contributed by atoms with E-state index in [0.29, 0.717) is 24.5 Å². The number of hydrogen-bond donors (Lipinski definition) is 2. The monoisotopic (exact) mass is 485 g/mol. The maximum atomic E-state index is 12.6. The summed E-state index contributed by atoms with van der Waals surface area (Å²) in [6.07, 6.45) is 1.88. The van der Waals surface area contributed by atoms with E-state index in [1.54, 1.807) is 29.2 Å². The fourth-order valence-corrected chi connectivity index (χ4v) is 4.14. The van der Waals surface area contributed by atoms with Crippen LogP contribution < -0.4 is 20.3 Å². The first kappa shape index (κ1) is 25.0. The molecule has 7 nitrogen and oxygen atoms in total. The summed E-state index contributed by atoms with van der Waals surface area (Å²) in [6.45, 7) is 2.84. The molecule has 3 aromatic rings. The van der Waals surface area contributed by atoms with E-state index in [2.05, 4.69) is 17.6 Å². The van der Waals surface area contributed by atoms with Crippen LogP contribution >= 0.6 is 0 Å². The third-order valence-electron chi connectivity index (χ3n) is 6.22. The van der Waals surface area contributed by atoms with Gasteiger partial charge in [0.2, 0.25) is 11.8 Å². The molecule has 7 heteroatoms. The van der Waals surface area contributed by atoms with Gasteiger partial charge in [0, 0.05) is 30.9 Å². The van der Waals surface area contributed by atoms with Crippen molar-refractivity contribution in [1.29, 1.82) is 0 Å². The Labute approximate surface area is 211 Å². The predicted octanol–water partition coefficient (Wildman–Crippen LogP) is 3.98. The maximum absolute atomic E-state index is 12.6. The number of amides is 3. The second kappa shape index (κ2) is 12.0. The molecule has 4 rings (SSSR count). The minimum atomic E-state index is -0.376.